The summed E-state index contributed by atoms with van der Waals surface area (Å²) in [5.74, 6) is 0.829. The molecule has 1 saturated heterocycles. The van der Waals surface area contributed by atoms with E-state index in [0.29, 0.717) is 6.04 Å². The van der Waals surface area contributed by atoms with Crippen molar-refractivity contribution in [2.45, 2.75) is 25.3 Å². The van der Waals surface area contributed by atoms with Gasteiger partial charge in [0.05, 0.1) is 6.26 Å². The summed E-state index contributed by atoms with van der Waals surface area (Å²) in [6.07, 6.45) is 4.88. The molecule has 3 rings (SSSR count). The van der Waals surface area contributed by atoms with Gasteiger partial charge < -0.3 is 19.5 Å². The molecule has 1 aromatic heterocycles. The fourth-order valence-corrected chi connectivity index (χ4v) is 3.16. The minimum absolute atomic E-state index is 0.0137. The molecule has 1 atom stereocenters. The maximum absolute atomic E-state index is 12.5. The summed E-state index contributed by atoms with van der Waals surface area (Å²) in [6.45, 7) is 1.62. The van der Waals surface area contributed by atoms with Crippen LogP contribution in [0.1, 0.15) is 19.3 Å². The molecule has 0 radical (unpaired) electrons. The Morgan fingerprint density at radius 1 is 1.17 bits per heavy atom. The van der Waals surface area contributed by atoms with Crippen LogP contribution in [-0.4, -0.2) is 49.1 Å². The van der Waals surface area contributed by atoms with E-state index in [0.717, 1.165) is 49.4 Å². The van der Waals surface area contributed by atoms with Crippen molar-refractivity contribution >= 4 is 11.7 Å². The van der Waals surface area contributed by atoms with Gasteiger partial charge in [-0.25, -0.2) is 4.79 Å². The molecule has 1 unspecified atom stereocenters. The highest BCUT2D eigenvalue weighted by atomic mass is 16.3. The van der Waals surface area contributed by atoms with E-state index >= 15 is 0 Å². The highest BCUT2D eigenvalue weighted by Gasteiger charge is 2.21. The van der Waals surface area contributed by atoms with E-state index in [9.17, 15) is 4.79 Å². The van der Waals surface area contributed by atoms with Crippen LogP contribution in [0.5, 0.6) is 0 Å². The van der Waals surface area contributed by atoms with Crippen LogP contribution in [0.3, 0.4) is 0 Å². The molecule has 0 saturated carbocycles. The van der Waals surface area contributed by atoms with Crippen LogP contribution in [0.4, 0.5) is 10.5 Å². The van der Waals surface area contributed by atoms with Crippen molar-refractivity contribution in [3.63, 3.8) is 0 Å². The molecule has 2 amide bonds. The topological polar surface area (TPSA) is 48.7 Å². The fraction of sp³-hybridized carbons (Fsp3) is 0.421. The normalized spacial score (nSPS) is 18.5. The molecular formula is C19H25N3O2. The zero-order valence-electron chi connectivity index (χ0n) is 14.4. The molecule has 1 aromatic carbocycles. The summed E-state index contributed by atoms with van der Waals surface area (Å²) < 4.78 is 5.38. The Balaban J connectivity index is 1.58. The third kappa shape index (κ3) is 3.97. The van der Waals surface area contributed by atoms with Crippen molar-refractivity contribution in [2.75, 3.05) is 32.5 Å². The summed E-state index contributed by atoms with van der Waals surface area (Å²) in [4.78, 5) is 16.7. The van der Waals surface area contributed by atoms with Crippen LogP contribution in [0.25, 0.3) is 11.3 Å². The Morgan fingerprint density at radius 3 is 2.62 bits per heavy atom. The zero-order chi connectivity index (χ0) is 16.9. The van der Waals surface area contributed by atoms with Gasteiger partial charge in [0.25, 0.3) is 0 Å². The number of hydrogen-bond donors (Lipinski definition) is 1. The van der Waals surface area contributed by atoms with Crippen LogP contribution in [0, 0.1) is 0 Å². The van der Waals surface area contributed by atoms with Gasteiger partial charge in [-0.2, -0.15) is 0 Å². The Kier molecular flexibility index (Phi) is 5.20. The molecule has 1 N–H and O–H groups in total. The number of furan rings is 1. The Hall–Kier alpha value is -2.27. The van der Waals surface area contributed by atoms with Crippen LogP contribution in [-0.2, 0) is 0 Å². The molecule has 1 fully saturated rings. The summed E-state index contributed by atoms with van der Waals surface area (Å²) in [5, 5.41) is 3.00. The SMILES string of the molecule is CN(C)C1CCCN(C(=O)Nc2ccc(-c3ccco3)cc2)CC1. The summed E-state index contributed by atoms with van der Waals surface area (Å²) >= 11 is 0. The van der Waals surface area contributed by atoms with Crippen LogP contribution >= 0.6 is 0 Å². The summed E-state index contributed by atoms with van der Waals surface area (Å²) in [5.41, 5.74) is 1.81. The van der Waals surface area contributed by atoms with E-state index in [1.54, 1.807) is 6.26 Å². The number of nitrogens with one attached hydrogen (secondary N) is 1. The van der Waals surface area contributed by atoms with Crippen molar-refractivity contribution in [3.8, 4) is 11.3 Å². The Morgan fingerprint density at radius 2 is 1.96 bits per heavy atom. The lowest BCUT2D eigenvalue weighted by Gasteiger charge is -2.23. The number of likely N-dealkylation sites (tertiary alicyclic amines) is 1. The highest BCUT2D eigenvalue weighted by Crippen LogP contribution is 2.22. The van der Waals surface area contributed by atoms with E-state index < -0.39 is 0 Å². The second-order valence-electron chi connectivity index (χ2n) is 6.52. The number of urea groups is 1. The molecule has 24 heavy (non-hydrogen) atoms. The van der Waals surface area contributed by atoms with E-state index in [2.05, 4.69) is 24.3 Å². The Labute approximate surface area is 143 Å². The van der Waals surface area contributed by atoms with Crippen molar-refractivity contribution in [1.29, 1.82) is 0 Å². The lowest BCUT2D eigenvalue weighted by Crippen LogP contribution is -2.36. The lowest BCUT2D eigenvalue weighted by atomic mass is 10.1. The highest BCUT2D eigenvalue weighted by molar-refractivity contribution is 5.89. The van der Waals surface area contributed by atoms with Crippen LogP contribution in [0.2, 0.25) is 0 Å². The molecular weight excluding hydrogens is 302 g/mol. The maximum Gasteiger partial charge on any atom is 0.321 e. The smallest absolute Gasteiger partial charge is 0.321 e. The summed E-state index contributed by atoms with van der Waals surface area (Å²) in [7, 11) is 4.22. The average molecular weight is 327 g/mol. The van der Waals surface area contributed by atoms with Gasteiger partial charge in [0.2, 0.25) is 0 Å². The first-order valence-corrected chi connectivity index (χ1v) is 8.50. The van der Waals surface area contributed by atoms with Crippen molar-refractivity contribution in [3.05, 3.63) is 42.7 Å². The van der Waals surface area contributed by atoms with Crippen LogP contribution < -0.4 is 5.32 Å². The Bertz CT molecular complexity index is 650. The van der Waals surface area contributed by atoms with Gasteiger partial charge in [0, 0.05) is 30.4 Å². The molecule has 128 valence electrons. The second-order valence-corrected chi connectivity index (χ2v) is 6.52. The fourth-order valence-electron chi connectivity index (χ4n) is 3.16. The molecule has 5 heteroatoms. The molecule has 0 bridgehead atoms. The standard InChI is InChI=1S/C19H25N3O2/c1-21(2)17-5-3-12-22(13-11-17)19(23)20-16-9-7-15(8-10-16)18-6-4-14-24-18/h4,6-10,14,17H,3,5,11-13H2,1-2H3,(H,20,23). The molecule has 0 spiro atoms. The van der Waals surface area contributed by atoms with E-state index in [4.69, 9.17) is 4.42 Å². The second kappa shape index (κ2) is 7.53. The summed E-state index contributed by atoms with van der Waals surface area (Å²) in [6, 6.07) is 12.1. The molecule has 2 heterocycles. The van der Waals surface area contributed by atoms with Gasteiger partial charge >= 0.3 is 6.03 Å². The number of carbonyl (C=O) groups is 1. The molecule has 5 nitrogen and oxygen atoms in total. The van der Waals surface area contributed by atoms with E-state index in [1.807, 2.05) is 41.3 Å². The minimum atomic E-state index is -0.0137. The predicted octanol–water partition coefficient (Wildman–Crippen LogP) is 3.89. The van der Waals surface area contributed by atoms with Gasteiger partial charge in [-0.1, -0.05) is 0 Å². The number of hydrogen-bond acceptors (Lipinski definition) is 3. The zero-order valence-corrected chi connectivity index (χ0v) is 14.4. The monoisotopic (exact) mass is 327 g/mol. The number of amides is 2. The van der Waals surface area contributed by atoms with Gasteiger partial charge in [-0.05, 0) is 69.8 Å². The quantitative estimate of drug-likeness (QED) is 0.930. The molecule has 1 aliphatic heterocycles. The van der Waals surface area contributed by atoms with Gasteiger partial charge in [-0.3, -0.25) is 0 Å². The van der Waals surface area contributed by atoms with Gasteiger partial charge in [-0.15, -0.1) is 0 Å². The average Bonchev–Trinajstić information content (AvgIpc) is 2.99. The van der Waals surface area contributed by atoms with Crippen LogP contribution in [0.15, 0.2) is 47.1 Å². The third-order valence-corrected chi connectivity index (χ3v) is 4.66. The maximum atomic E-state index is 12.5. The van der Waals surface area contributed by atoms with Crippen molar-refractivity contribution < 1.29 is 9.21 Å². The molecule has 2 aromatic rings. The first-order chi connectivity index (χ1) is 11.6. The molecule has 0 aliphatic carbocycles. The lowest BCUT2D eigenvalue weighted by molar-refractivity contribution is 0.210. The van der Waals surface area contributed by atoms with Crippen molar-refractivity contribution in [1.82, 2.24) is 9.80 Å². The first-order valence-electron chi connectivity index (χ1n) is 8.50. The minimum Gasteiger partial charge on any atom is -0.464 e. The number of carbonyl (C=O) groups excluding carboxylic acids is 1. The number of nitrogens with zero attached hydrogens (tertiary/aromatic N) is 2. The van der Waals surface area contributed by atoms with Crippen molar-refractivity contribution in [2.24, 2.45) is 0 Å². The first kappa shape index (κ1) is 16.6. The van der Waals surface area contributed by atoms with Gasteiger partial charge in [0.1, 0.15) is 5.76 Å². The third-order valence-electron chi connectivity index (χ3n) is 4.66. The number of rotatable bonds is 3. The van der Waals surface area contributed by atoms with Gasteiger partial charge in [0.15, 0.2) is 0 Å². The number of anilines is 1. The predicted molar refractivity (Wildman–Crippen MR) is 96.1 cm³/mol. The van der Waals surface area contributed by atoms with E-state index in [-0.39, 0.29) is 6.03 Å². The number of benzene rings is 1. The molecule has 1 aliphatic rings. The van der Waals surface area contributed by atoms with E-state index in [1.165, 1.54) is 0 Å². The largest absolute Gasteiger partial charge is 0.464 e.